The number of nitrogens with one attached hydrogen (secondary N) is 1. The van der Waals surface area contributed by atoms with Crippen LogP contribution in [0.15, 0.2) is 30.3 Å². The Morgan fingerprint density at radius 1 is 1.21 bits per heavy atom. The molecule has 1 aromatic carbocycles. The molecule has 1 unspecified atom stereocenters. The number of rotatable bonds is 10. The lowest BCUT2D eigenvalue weighted by Gasteiger charge is -2.14. The second-order valence-electron chi connectivity index (χ2n) is 4.76. The summed E-state index contributed by atoms with van der Waals surface area (Å²) in [5.74, 6) is 0.896. The maximum atomic E-state index is 9.61. The lowest BCUT2D eigenvalue weighted by Crippen LogP contribution is -2.32. The fourth-order valence-electron chi connectivity index (χ4n) is 1.54. The number of aliphatic hydroxyl groups is 1. The second kappa shape index (κ2) is 9.78. The van der Waals surface area contributed by atoms with Gasteiger partial charge >= 0.3 is 0 Å². The molecule has 0 fully saturated rings. The Balaban J connectivity index is 1.93. The van der Waals surface area contributed by atoms with E-state index in [0.717, 1.165) is 18.7 Å². The summed E-state index contributed by atoms with van der Waals surface area (Å²) in [6.07, 6.45) is 0.624. The molecule has 1 aromatic rings. The lowest BCUT2D eigenvalue weighted by atomic mass is 10.3. The van der Waals surface area contributed by atoms with Gasteiger partial charge in [0.25, 0.3) is 0 Å². The molecule has 0 amide bonds. The van der Waals surface area contributed by atoms with E-state index < -0.39 is 6.10 Å². The molecule has 0 aromatic heterocycles. The minimum Gasteiger partial charge on any atom is -0.494 e. The van der Waals surface area contributed by atoms with Gasteiger partial charge in [-0.2, -0.15) is 0 Å². The Bertz CT molecular complexity index is 316. The van der Waals surface area contributed by atoms with E-state index in [-0.39, 0.29) is 6.10 Å². The largest absolute Gasteiger partial charge is 0.494 e. The molecule has 0 aliphatic carbocycles. The third kappa shape index (κ3) is 8.59. The van der Waals surface area contributed by atoms with E-state index in [1.165, 1.54) is 0 Å². The molecule has 0 bridgehead atoms. The van der Waals surface area contributed by atoms with E-state index in [4.69, 9.17) is 9.47 Å². The Morgan fingerprint density at radius 2 is 1.95 bits per heavy atom. The number of benzene rings is 1. The molecule has 4 nitrogen and oxygen atoms in total. The van der Waals surface area contributed by atoms with E-state index >= 15 is 0 Å². The average Bonchev–Trinajstić information content (AvgIpc) is 2.41. The molecule has 4 heteroatoms. The smallest absolute Gasteiger partial charge is 0.119 e. The van der Waals surface area contributed by atoms with Crippen molar-refractivity contribution in [2.45, 2.75) is 32.5 Å². The molecule has 1 rings (SSSR count). The van der Waals surface area contributed by atoms with Gasteiger partial charge in [-0.3, -0.25) is 0 Å². The third-order valence-corrected chi connectivity index (χ3v) is 2.51. The van der Waals surface area contributed by atoms with Gasteiger partial charge in [-0.15, -0.1) is 0 Å². The normalized spacial score (nSPS) is 12.6. The van der Waals surface area contributed by atoms with Crippen LogP contribution in [0.3, 0.4) is 0 Å². The summed E-state index contributed by atoms with van der Waals surface area (Å²) < 4.78 is 10.9. The van der Waals surface area contributed by atoms with E-state index in [1.807, 2.05) is 44.2 Å². The highest BCUT2D eigenvalue weighted by atomic mass is 16.5. The first-order chi connectivity index (χ1) is 9.18. The monoisotopic (exact) mass is 267 g/mol. The molecular weight excluding hydrogens is 242 g/mol. The quantitative estimate of drug-likeness (QED) is 0.635. The van der Waals surface area contributed by atoms with Crippen LogP contribution in [0, 0.1) is 0 Å². The van der Waals surface area contributed by atoms with E-state index in [9.17, 15) is 5.11 Å². The average molecular weight is 267 g/mol. The molecular formula is C15H25NO3. The molecule has 0 saturated heterocycles. The maximum Gasteiger partial charge on any atom is 0.119 e. The zero-order valence-corrected chi connectivity index (χ0v) is 11.8. The Labute approximate surface area is 115 Å². The van der Waals surface area contributed by atoms with Gasteiger partial charge < -0.3 is 19.9 Å². The first-order valence-electron chi connectivity index (χ1n) is 6.86. The van der Waals surface area contributed by atoms with E-state index in [1.54, 1.807) is 0 Å². The van der Waals surface area contributed by atoms with Crippen molar-refractivity contribution >= 4 is 0 Å². The summed E-state index contributed by atoms with van der Waals surface area (Å²) in [5, 5.41) is 12.8. The van der Waals surface area contributed by atoms with Crippen LogP contribution in [-0.4, -0.2) is 43.6 Å². The fraction of sp³-hybridized carbons (Fsp3) is 0.600. The summed E-state index contributed by atoms with van der Waals surface area (Å²) in [6, 6.07) is 9.77. The molecule has 0 heterocycles. The molecule has 1 atom stereocenters. The number of hydrogen-bond acceptors (Lipinski definition) is 4. The molecule has 2 N–H and O–H groups in total. The highest BCUT2D eigenvalue weighted by Gasteiger charge is 2.04. The topological polar surface area (TPSA) is 50.7 Å². The second-order valence-corrected chi connectivity index (χ2v) is 4.76. The van der Waals surface area contributed by atoms with Crippen molar-refractivity contribution in [3.8, 4) is 5.75 Å². The predicted octanol–water partition coefficient (Wildman–Crippen LogP) is 1.83. The first-order valence-corrected chi connectivity index (χ1v) is 6.86. The van der Waals surface area contributed by atoms with Crippen LogP contribution in [0.25, 0.3) is 0 Å². The van der Waals surface area contributed by atoms with Crippen molar-refractivity contribution in [1.29, 1.82) is 0 Å². The SMILES string of the molecule is CC(C)OCC(O)CNCCCOc1ccccc1. The molecule has 0 aliphatic heterocycles. The number of aliphatic hydroxyl groups excluding tert-OH is 1. The van der Waals surface area contributed by atoms with Crippen LogP contribution in [0.1, 0.15) is 20.3 Å². The van der Waals surface area contributed by atoms with Crippen LogP contribution in [0.4, 0.5) is 0 Å². The van der Waals surface area contributed by atoms with Gasteiger partial charge in [0, 0.05) is 6.54 Å². The zero-order valence-electron chi connectivity index (χ0n) is 11.8. The van der Waals surface area contributed by atoms with Crippen molar-refractivity contribution in [2.75, 3.05) is 26.3 Å². The Morgan fingerprint density at radius 3 is 2.63 bits per heavy atom. The third-order valence-electron chi connectivity index (χ3n) is 2.51. The van der Waals surface area contributed by atoms with Crippen molar-refractivity contribution in [3.63, 3.8) is 0 Å². The first kappa shape index (κ1) is 16.0. The lowest BCUT2D eigenvalue weighted by molar-refractivity contribution is 0.00640. The zero-order chi connectivity index (χ0) is 13.9. The highest BCUT2D eigenvalue weighted by Crippen LogP contribution is 2.07. The van der Waals surface area contributed by atoms with Crippen LogP contribution in [-0.2, 0) is 4.74 Å². The van der Waals surface area contributed by atoms with Crippen molar-refractivity contribution in [3.05, 3.63) is 30.3 Å². The van der Waals surface area contributed by atoms with Crippen molar-refractivity contribution < 1.29 is 14.6 Å². The highest BCUT2D eigenvalue weighted by molar-refractivity contribution is 5.20. The van der Waals surface area contributed by atoms with E-state index in [2.05, 4.69) is 5.32 Å². The predicted molar refractivity (Wildman–Crippen MR) is 76.5 cm³/mol. The number of ether oxygens (including phenoxy) is 2. The van der Waals surface area contributed by atoms with Gasteiger partial charge in [0.2, 0.25) is 0 Å². The molecule has 0 aliphatic rings. The van der Waals surface area contributed by atoms with Gasteiger partial charge in [0.15, 0.2) is 0 Å². The molecule has 0 saturated carbocycles. The van der Waals surface area contributed by atoms with Gasteiger partial charge in [-0.1, -0.05) is 18.2 Å². The maximum absolute atomic E-state index is 9.61. The van der Waals surface area contributed by atoms with Crippen LogP contribution < -0.4 is 10.1 Å². The summed E-state index contributed by atoms with van der Waals surface area (Å²) in [7, 11) is 0. The summed E-state index contributed by atoms with van der Waals surface area (Å²) in [5.41, 5.74) is 0. The standard InChI is InChI=1S/C15H25NO3/c1-13(2)19-12-14(17)11-16-9-6-10-18-15-7-4-3-5-8-15/h3-5,7-8,13-14,16-17H,6,9-12H2,1-2H3. The molecule has 108 valence electrons. The van der Waals surface area contributed by atoms with Crippen molar-refractivity contribution in [2.24, 2.45) is 0 Å². The number of para-hydroxylation sites is 1. The van der Waals surface area contributed by atoms with Crippen molar-refractivity contribution in [1.82, 2.24) is 5.32 Å². The van der Waals surface area contributed by atoms with Crippen LogP contribution >= 0.6 is 0 Å². The summed E-state index contributed by atoms with van der Waals surface area (Å²) in [6.45, 7) is 6.35. The van der Waals surface area contributed by atoms with Gasteiger partial charge in [-0.25, -0.2) is 0 Å². The summed E-state index contributed by atoms with van der Waals surface area (Å²) in [4.78, 5) is 0. The van der Waals surface area contributed by atoms with Gasteiger partial charge in [0.05, 0.1) is 25.4 Å². The minimum absolute atomic E-state index is 0.161. The minimum atomic E-state index is -0.447. The Hall–Kier alpha value is -1.10. The Kier molecular flexibility index (Phi) is 8.21. The van der Waals surface area contributed by atoms with Crippen LogP contribution in [0.5, 0.6) is 5.75 Å². The number of hydrogen-bond donors (Lipinski definition) is 2. The van der Waals surface area contributed by atoms with Gasteiger partial charge in [0.1, 0.15) is 5.75 Å². The van der Waals surface area contributed by atoms with E-state index in [0.29, 0.717) is 19.8 Å². The molecule has 19 heavy (non-hydrogen) atoms. The van der Waals surface area contributed by atoms with Gasteiger partial charge in [-0.05, 0) is 38.9 Å². The fourth-order valence-corrected chi connectivity index (χ4v) is 1.54. The molecule has 0 radical (unpaired) electrons. The summed E-state index contributed by atoms with van der Waals surface area (Å²) >= 11 is 0. The van der Waals surface area contributed by atoms with Crippen LogP contribution in [0.2, 0.25) is 0 Å². The molecule has 0 spiro atoms.